The summed E-state index contributed by atoms with van der Waals surface area (Å²) in [4.78, 5) is 20.6. The Labute approximate surface area is 312 Å². The number of anilines is 1. The highest BCUT2D eigenvalue weighted by Gasteiger charge is 2.24. The Bertz CT molecular complexity index is 1790. The van der Waals surface area contributed by atoms with E-state index in [1.54, 1.807) is 24.5 Å². The number of fused-ring (bicyclic) bond motifs is 1. The number of aromatic nitrogens is 1. The zero-order valence-electron chi connectivity index (χ0n) is 28.4. The Morgan fingerprint density at radius 3 is 2.53 bits per heavy atom. The molecule has 12 heteroatoms. The topological polar surface area (TPSA) is 128 Å². The lowest BCUT2D eigenvalue weighted by molar-refractivity contribution is -0.140. The molecule has 3 heterocycles. The van der Waals surface area contributed by atoms with Crippen molar-refractivity contribution in [2.24, 2.45) is 0 Å². The van der Waals surface area contributed by atoms with E-state index in [1.807, 2.05) is 24.3 Å². The smallest absolute Gasteiger partial charge is 0.323 e. The van der Waals surface area contributed by atoms with Gasteiger partial charge >= 0.3 is 5.97 Å². The summed E-state index contributed by atoms with van der Waals surface area (Å²) in [7, 11) is 0. The van der Waals surface area contributed by atoms with E-state index in [4.69, 9.17) is 21.1 Å². The molecule has 0 amide bonds. The van der Waals surface area contributed by atoms with Gasteiger partial charge in [0, 0.05) is 78.0 Å². The molecule has 3 aromatic carbocycles. The number of hydrogen-bond acceptors (Lipinski definition) is 9. The molecule has 0 saturated carbocycles. The van der Waals surface area contributed by atoms with Gasteiger partial charge in [0.2, 0.25) is 0 Å². The molecule has 0 radical (unpaired) electrons. The van der Waals surface area contributed by atoms with Gasteiger partial charge in [0.05, 0.1) is 17.7 Å². The average Bonchev–Trinajstić information content (AvgIpc) is 3.56. The van der Waals surface area contributed by atoms with E-state index in [2.05, 4.69) is 60.3 Å². The second-order valence-electron chi connectivity index (χ2n) is 13.0. The summed E-state index contributed by atoms with van der Waals surface area (Å²) in [6.07, 6.45) is 7.08. The van der Waals surface area contributed by atoms with Gasteiger partial charge in [-0.25, -0.2) is 0 Å². The van der Waals surface area contributed by atoms with Crippen molar-refractivity contribution in [1.29, 1.82) is 0 Å². The van der Waals surface area contributed by atoms with Crippen LogP contribution in [0.3, 0.4) is 0 Å². The number of nitrogens with zero attached hydrogens (tertiary/aromatic N) is 3. The van der Waals surface area contributed by atoms with Gasteiger partial charge in [-0.3, -0.25) is 15.1 Å². The van der Waals surface area contributed by atoms with E-state index in [-0.39, 0.29) is 25.9 Å². The molecule has 51 heavy (non-hydrogen) atoms. The minimum absolute atomic E-state index is 0.107. The van der Waals surface area contributed by atoms with Crippen molar-refractivity contribution in [1.82, 2.24) is 15.2 Å². The normalized spacial score (nSPS) is 15.5. The number of benzene rings is 3. The fourth-order valence-electron chi connectivity index (χ4n) is 6.74. The monoisotopic (exact) mass is 778 g/mol. The summed E-state index contributed by atoms with van der Waals surface area (Å²) in [5, 5.41) is 31.9. The Balaban J connectivity index is 1.16. The van der Waals surface area contributed by atoms with Crippen molar-refractivity contribution < 1.29 is 29.6 Å². The minimum atomic E-state index is -1.15. The summed E-state index contributed by atoms with van der Waals surface area (Å²) in [6.45, 7) is 5.05. The number of pyridine rings is 1. The van der Waals surface area contributed by atoms with Gasteiger partial charge in [-0.1, -0.05) is 48.0 Å². The molecular weight excluding hydrogens is 736 g/mol. The van der Waals surface area contributed by atoms with Gasteiger partial charge in [0.25, 0.3) is 0 Å². The maximum Gasteiger partial charge on any atom is 0.323 e. The van der Waals surface area contributed by atoms with Crippen LogP contribution in [0.5, 0.6) is 11.5 Å². The van der Waals surface area contributed by atoms with Crippen LogP contribution in [0.4, 0.5) is 5.69 Å². The van der Waals surface area contributed by atoms with Gasteiger partial charge < -0.3 is 34.6 Å². The predicted molar refractivity (Wildman–Crippen MR) is 201 cm³/mol. The summed E-state index contributed by atoms with van der Waals surface area (Å²) in [5.41, 5.74) is 7.40. The average molecular weight is 780 g/mol. The van der Waals surface area contributed by atoms with E-state index >= 15 is 0 Å². The fourth-order valence-corrected chi connectivity index (χ4v) is 7.57. The first kappa shape index (κ1) is 37.1. The van der Waals surface area contributed by atoms with Crippen molar-refractivity contribution in [2.75, 3.05) is 44.2 Å². The molecule has 1 saturated heterocycles. The van der Waals surface area contributed by atoms with Crippen molar-refractivity contribution in [3.63, 3.8) is 0 Å². The summed E-state index contributed by atoms with van der Waals surface area (Å²) in [6, 6.07) is 18.8. The number of carboxylic acids is 1. The van der Waals surface area contributed by atoms with Crippen LogP contribution in [0.15, 0.2) is 77.5 Å². The minimum Gasteiger partial charge on any atom is -0.488 e. The van der Waals surface area contributed by atoms with Crippen LogP contribution >= 0.6 is 27.5 Å². The van der Waals surface area contributed by atoms with Gasteiger partial charge in [0.15, 0.2) is 0 Å². The number of likely N-dealkylation sites (tertiary alicyclic amines) is 1. The third kappa shape index (κ3) is 9.40. The van der Waals surface area contributed by atoms with E-state index in [1.165, 1.54) is 16.8 Å². The van der Waals surface area contributed by atoms with E-state index < -0.39 is 18.6 Å². The lowest BCUT2D eigenvalue weighted by Crippen LogP contribution is -2.39. The number of aliphatic hydroxyl groups excluding tert-OH is 2. The van der Waals surface area contributed by atoms with E-state index in [0.717, 1.165) is 79.6 Å². The van der Waals surface area contributed by atoms with Crippen LogP contribution in [-0.4, -0.2) is 82.6 Å². The fraction of sp³-hybridized carbons (Fsp3) is 0.385. The largest absolute Gasteiger partial charge is 0.488 e. The molecule has 1 atom stereocenters. The number of hydrogen-bond donors (Lipinski definition) is 4. The molecule has 2 aliphatic heterocycles. The van der Waals surface area contributed by atoms with Gasteiger partial charge in [0.1, 0.15) is 30.8 Å². The number of aliphatic carboxylic acids is 1. The summed E-state index contributed by atoms with van der Waals surface area (Å²) >= 11 is 10.6. The first-order valence-electron chi connectivity index (χ1n) is 17.4. The number of halogens is 2. The lowest BCUT2D eigenvalue weighted by atomic mass is 9.96. The van der Waals surface area contributed by atoms with Crippen molar-refractivity contribution in [2.45, 2.75) is 57.6 Å². The molecule has 0 bridgehead atoms. The molecule has 1 aromatic heterocycles. The highest BCUT2D eigenvalue weighted by Crippen LogP contribution is 2.41. The highest BCUT2D eigenvalue weighted by atomic mass is 79.9. The van der Waals surface area contributed by atoms with Crippen LogP contribution in [0, 0.1) is 0 Å². The SMILES string of the molecule is O=C(O)C(CO)NCc1cc(Cl)c(OCc2cccc(-c3cccc4c3CCN4CCCN3CCC(O)CC3)c2Br)cc1OCc1cccnc1. The molecule has 4 aromatic rings. The number of carboxylic acid groups (broad SMARTS) is 1. The molecule has 0 aliphatic carbocycles. The van der Waals surface area contributed by atoms with Crippen LogP contribution in [-0.2, 0) is 31.0 Å². The molecule has 6 rings (SSSR count). The molecule has 270 valence electrons. The van der Waals surface area contributed by atoms with E-state index in [9.17, 15) is 20.1 Å². The van der Waals surface area contributed by atoms with Gasteiger partial charge in [-0.05, 0) is 83.0 Å². The zero-order chi connectivity index (χ0) is 35.7. The lowest BCUT2D eigenvalue weighted by Gasteiger charge is -2.30. The molecule has 2 aliphatic rings. The standard InChI is InChI=1S/C39H44BrClN4O6/c40-38-27(6-1-8-32(38)30-7-2-9-35-31(30)12-18-45(35)15-4-14-44-16-10-29(47)11-17-44)25-51-37-20-36(50-24-26-5-3-13-42-21-26)28(19-33(37)41)22-43-34(23-46)39(48)49/h1-3,5-9,13,19-21,29,34,43,46-47H,4,10-12,14-18,22-25H2,(H,48,49). The Morgan fingerprint density at radius 1 is 0.980 bits per heavy atom. The second kappa shape index (κ2) is 17.7. The van der Waals surface area contributed by atoms with Crippen LogP contribution < -0.4 is 19.7 Å². The quantitative estimate of drug-likeness (QED) is 0.107. The van der Waals surface area contributed by atoms with Crippen LogP contribution in [0.2, 0.25) is 5.02 Å². The third-order valence-corrected chi connectivity index (χ3v) is 10.8. The molecular formula is C39H44BrClN4O6. The van der Waals surface area contributed by atoms with Gasteiger partial charge in [-0.15, -0.1) is 0 Å². The molecule has 0 spiro atoms. The molecule has 4 N–H and O–H groups in total. The number of piperidine rings is 1. The molecule has 10 nitrogen and oxygen atoms in total. The van der Waals surface area contributed by atoms with Gasteiger partial charge in [-0.2, -0.15) is 0 Å². The Hall–Kier alpha value is -3.71. The Kier molecular flexibility index (Phi) is 12.8. The maximum atomic E-state index is 11.5. The van der Waals surface area contributed by atoms with Crippen molar-refractivity contribution in [3.05, 3.63) is 105 Å². The maximum absolute atomic E-state index is 11.5. The van der Waals surface area contributed by atoms with Crippen molar-refractivity contribution >= 4 is 39.2 Å². The first-order chi connectivity index (χ1) is 24.8. The number of ether oxygens (including phenoxy) is 2. The molecule has 1 fully saturated rings. The number of nitrogens with one attached hydrogen (secondary N) is 1. The second-order valence-corrected chi connectivity index (χ2v) is 14.2. The third-order valence-electron chi connectivity index (χ3n) is 9.59. The van der Waals surface area contributed by atoms with Crippen molar-refractivity contribution in [3.8, 4) is 22.6 Å². The van der Waals surface area contributed by atoms with E-state index in [0.29, 0.717) is 22.1 Å². The molecule has 1 unspecified atom stereocenters. The predicted octanol–water partition coefficient (Wildman–Crippen LogP) is 6.07. The van der Waals surface area contributed by atoms with Crippen LogP contribution in [0.1, 0.15) is 41.5 Å². The zero-order valence-corrected chi connectivity index (χ0v) is 30.8. The number of carbonyl (C=O) groups is 1. The number of rotatable bonds is 16. The summed E-state index contributed by atoms with van der Waals surface area (Å²) < 4.78 is 13.4. The Morgan fingerprint density at radius 2 is 1.76 bits per heavy atom. The first-order valence-corrected chi connectivity index (χ1v) is 18.6. The summed E-state index contributed by atoms with van der Waals surface area (Å²) in [5.74, 6) is -0.259. The number of aliphatic hydroxyl groups is 2. The highest BCUT2D eigenvalue weighted by molar-refractivity contribution is 9.10. The van der Waals surface area contributed by atoms with Crippen LogP contribution in [0.25, 0.3) is 11.1 Å².